The van der Waals surface area contributed by atoms with E-state index in [1.165, 1.54) is 11.8 Å². The third-order valence-corrected chi connectivity index (χ3v) is 5.41. The molecule has 2 aromatic carbocycles. The van der Waals surface area contributed by atoms with Crippen molar-refractivity contribution >= 4 is 29.4 Å². The number of amides is 2. The number of hydrogen-bond donors (Lipinski definition) is 0. The van der Waals surface area contributed by atoms with Crippen LogP contribution in [-0.4, -0.2) is 49.6 Å². The van der Waals surface area contributed by atoms with Crippen molar-refractivity contribution in [1.29, 1.82) is 0 Å². The van der Waals surface area contributed by atoms with Crippen LogP contribution in [0.5, 0.6) is 0 Å². The molecule has 3 aromatic rings. The molecule has 0 fully saturated rings. The number of carbonyl (C=O) groups excluding carboxylic acids is 3. The quantitative estimate of drug-likeness (QED) is 0.454. The number of fused-ring (bicyclic) bond motifs is 1. The zero-order valence-corrected chi connectivity index (χ0v) is 15.6. The fourth-order valence-electron chi connectivity index (χ4n) is 2.98. The lowest BCUT2D eigenvalue weighted by atomic mass is 10.1. The van der Waals surface area contributed by atoms with Crippen LogP contribution in [0.25, 0.3) is 5.69 Å². The molecule has 1 aliphatic heterocycles. The first kappa shape index (κ1) is 18.1. The predicted molar refractivity (Wildman–Crippen MR) is 104 cm³/mol. The minimum atomic E-state index is -0.343. The first-order valence-corrected chi connectivity index (χ1v) is 9.69. The van der Waals surface area contributed by atoms with E-state index in [9.17, 15) is 14.4 Å². The average molecular weight is 392 g/mol. The van der Waals surface area contributed by atoms with E-state index in [4.69, 9.17) is 0 Å². The molecule has 8 heteroatoms. The van der Waals surface area contributed by atoms with E-state index < -0.39 is 0 Å². The molecule has 0 aliphatic carbocycles. The van der Waals surface area contributed by atoms with Gasteiger partial charge in [-0.2, -0.15) is 0 Å². The van der Waals surface area contributed by atoms with Gasteiger partial charge in [-0.15, -0.1) is 10.2 Å². The van der Waals surface area contributed by atoms with Gasteiger partial charge in [0.1, 0.15) is 12.1 Å². The van der Waals surface area contributed by atoms with E-state index in [1.807, 2.05) is 34.9 Å². The molecule has 2 amide bonds. The monoisotopic (exact) mass is 392 g/mol. The number of aromatic nitrogens is 3. The standard InChI is InChI=1S/C20H16N4O3S/c25-15(10-11-23-18(26)16-8-4-5-9-17(16)19(23)27)12-28-20-22-21-13-24(20)14-6-2-1-3-7-14/h1-9,13H,10-12H2. The number of hydrogen-bond acceptors (Lipinski definition) is 6. The summed E-state index contributed by atoms with van der Waals surface area (Å²) >= 11 is 1.28. The number of benzene rings is 2. The highest BCUT2D eigenvalue weighted by atomic mass is 32.2. The SMILES string of the molecule is O=C(CCN1C(=O)c2ccccc2C1=O)CSc1nncn1-c1ccccc1. The maximum Gasteiger partial charge on any atom is 0.261 e. The Hall–Kier alpha value is -3.26. The molecule has 0 atom stereocenters. The van der Waals surface area contributed by atoms with Crippen molar-refractivity contribution in [3.05, 3.63) is 72.1 Å². The highest BCUT2D eigenvalue weighted by Gasteiger charge is 2.34. The second kappa shape index (κ2) is 7.77. The minimum Gasteiger partial charge on any atom is -0.299 e. The van der Waals surface area contributed by atoms with Crippen LogP contribution in [-0.2, 0) is 4.79 Å². The zero-order chi connectivity index (χ0) is 19.5. The van der Waals surface area contributed by atoms with E-state index in [0.717, 1.165) is 10.6 Å². The normalized spacial score (nSPS) is 13.1. The number of Topliss-reactive ketones (excluding diaryl/α,β-unsaturated/α-hetero) is 1. The summed E-state index contributed by atoms with van der Waals surface area (Å²) < 4.78 is 1.81. The summed E-state index contributed by atoms with van der Waals surface area (Å²) in [5, 5.41) is 8.58. The van der Waals surface area contributed by atoms with Crippen molar-refractivity contribution in [1.82, 2.24) is 19.7 Å². The number of nitrogens with zero attached hydrogens (tertiary/aromatic N) is 4. The third-order valence-electron chi connectivity index (χ3n) is 4.41. The zero-order valence-electron chi connectivity index (χ0n) is 14.8. The topological polar surface area (TPSA) is 85.2 Å². The third kappa shape index (κ3) is 3.46. The molecule has 140 valence electrons. The van der Waals surface area contributed by atoms with Crippen LogP contribution < -0.4 is 0 Å². The summed E-state index contributed by atoms with van der Waals surface area (Å²) in [6.45, 7) is 0.0805. The lowest BCUT2D eigenvalue weighted by molar-refractivity contribution is -0.116. The first-order valence-electron chi connectivity index (χ1n) is 8.70. The van der Waals surface area contributed by atoms with Crippen molar-refractivity contribution in [3.8, 4) is 5.69 Å². The molecular formula is C20H16N4O3S. The van der Waals surface area contributed by atoms with Gasteiger partial charge in [-0.3, -0.25) is 23.9 Å². The summed E-state index contributed by atoms with van der Waals surface area (Å²) in [4.78, 5) is 38.1. The Morgan fingerprint density at radius 1 is 0.929 bits per heavy atom. The molecule has 1 aliphatic rings. The molecule has 1 aromatic heterocycles. The lowest BCUT2D eigenvalue weighted by Gasteiger charge is -2.13. The second-order valence-corrected chi connectivity index (χ2v) is 7.15. The van der Waals surface area contributed by atoms with Crippen molar-refractivity contribution in [3.63, 3.8) is 0 Å². The maximum absolute atomic E-state index is 12.3. The van der Waals surface area contributed by atoms with Crippen molar-refractivity contribution in [2.45, 2.75) is 11.6 Å². The van der Waals surface area contributed by atoms with Crippen LogP contribution >= 0.6 is 11.8 Å². The van der Waals surface area contributed by atoms with Gasteiger partial charge >= 0.3 is 0 Å². The lowest BCUT2D eigenvalue weighted by Crippen LogP contribution is -2.32. The second-order valence-electron chi connectivity index (χ2n) is 6.20. The van der Waals surface area contributed by atoms with Gasteiger partial charge < -0.3 is 0 Å². The minimum absolute atomic E-state index is 0.0656. The summed E-state index contributed by atoms with van der Waals surface area (Å²) in [6.07, 6.45) is 1.71. The van der Waals surface area contributed by atoms with Crippen LogP contribution in [0.3, 0.4) is 0 Å². The Morgan fingerprint density at radius 2 is 1.57 bits per heavy atom. The van der Waals surface area contributed by atoms with E-state index in [0.29, 0.717) is 16.3 Å². The number of ketones is 1. The van der Waals surface area contributed by atoms with E-state index in [2.05, 4.69) is 10.2 Å². The van der Waals surface area contributed by atoms with Crippen LogP contribution in [0.2, 0.25) is 0 Å². The summed E-state index contributed by atoms with van der Waals surface area (Å²) in [5.74, 6) is -0.562. The highest BCUT2D eigenvalue weighted by molar-refractivity contribution is 7.99. The van der Waals surface area contributed by atoms with Gasteiger partial charge in [0, 0.05) is 18.7 Å². The Kier molecular flexibility index (Phi) is 5.03. The van der Waals surface area contributed by atoms with Crippen molar-refractivity contribution < 1.29 is 14.4 Å². The predicted octanol–water partition coefficient (Wildman–Crippen LogP) is 2.61. The molecule has 0 spiro atoms. The molecule has 4 rings (SSSR count). The van der Waals surface area contributed by atoms with Gasteiger partial charge in [0.05, 0.1) is 16.9 Å². The van der Waals surface area contributed by atoms with E-state index >= 15 is 0 Å². The van der Waals surface area contributed by atoms with Crippen molar-refractivity contribution in [2.24, 2.45) is 0 Å². The number of imide groups is 1. The Labute approximate surface area is 165 Å². The van der Waals surface area contributed by atoms with E-state index in [-0.39, 0.29) is 36.3 Å². The fraction of sp³-hybridized carbons (Fsp3) is 0.150. The van der Waals surface area contributed by atoms with Crippen LogP contribution in [0.15, 0.2) is 66.1 Å². The summed E-state index contributed by atoms with van der Waals surface area (Å²) in [6, 6.07) is 16.3. The maximum atomic E-state index is 12.3. The molecule has 0 N–H and O–H groups in total. The Balaban J connectivity index is 1.34. The van der Waals surface area contributed by atoms with Gasteiger partial charge in [0.25, 0.3) is 11.8 Å². The molecule has 0 bridgehead atoms. The van der Waals surface area contributed by atoms with Gasteiger partial charge in [-0.05, 0) is 24.3 Å². The largest absolute Gasteiger partial charge is 0.299 e. The van der Waals surface area contributed by atoms with Gasteiger partial charge in [0.15, 0.2) is 5.16 Å². The molecule has 7 nitrogen and oxygen atoms in total. The summed E-state index contributed by atoms with van der Waals surface area (Å²) in [7, 11) is 0. The molecule has 2 heterocycles. The Bertz CT molecular complexity index is 1010. The number of thioether (sulfide) groups is 1. The molecule has 0 saturated carbocycles. The number of carbonyl (C=O) groups is 3. The molecular weight excluding hydrogens is 376 g/mol. The molecule has 28 heavy (non-hydrogen) atoms. The van der Waals surface area contributed by atoms with E-state index in [1.54, 1.807) is 30.6 Å². The van der Waals surface area contributed by atoms with Gasteiger partial charge in [-0.25, -0.2) is 0 Å². The van der Waals surface area contributed by atoms with Crippen LogP contribution in [0.1, 0.15) is 27.1 Å². The number of para-hydroxylation sites is 1. The first-order chi connectivity index (χ1) is 13.6. The Morgan fingerprint density at radius 3 is 2.25 bits per heavy atom. The average Bonchev–Trinajstić information content (AvgIpc) is 3.29. The van der Waals surface area contributed by atoms with Crippen LogP contribution in [0.4, 0.5) is 0 Å². The van der Waals surface area contributed by atoms with Crippen LogP contribution in [0, 0.1) is 0 Å². The summed E-state index contributed by atoms with van der Waals surface area (Å²) in [5.41, 5.74) is 1.70. The fourth-order valence-corrected chi connectivity index (χ4v) is 3.82. The smallest absolute Gasteiger partial charge is 0.261 e. The molecule has 0 unspecified atom stereocenters. The molecule has 0 radical (unpaired) electrons. The van der Waals surface area contributed by atoms with Gasteiger partial charge in [0.2, 0.25) is 0 Å². The van der Waals surface area contributed by atoms with Crippen molar-refractivity contribution in [2.75, 3.05) is 12.3 Å². The number of rotatable bonds is 7. The van der Waals surface area contributed by atoms with Gasteiger partial charge in [-0.1, -0.05) is 42.1 Å². The highest BCUT2D eigenvalue weighted by Crippen LogP contribution is 2.23. The molecule has 0 saturated heterocycles.